The number of rotatable bonds is 6. The SMILES string of the molecule is CCNC(=NCC(=O)NC1CCCCC1)NC1CCN(C(=O)OCC)CC1. The average Bonchev–Trinajstić information content (AvgIpc) is 2.68. The minimum Gasteiger partial charge on any atom is -0.450 e. The molecule has 0 spiro atoms. The number of piperidine rings is 1. The molecule has 1 saturated carbocycles. The number of nitrogens with zero attached hydrogens (tertiary/aromatic N) is 2. The van der Waals surface area contributed by atoms with E-state index in [9.17, 15) is 9.59 Å². The number of hydrogen-bond acceptors (Lipinski definition) is 4. The molecule has 0 atom stereocenters. The van der Waals surface area contributed by atoms with Crippen LogP contribution in [-0.2, 0) is 9.53 Å². The van der Waals surface area contributed by atoms with Crippen molar-refractivity contribution in [3.63, 3.8) is 0 Å². The van der Waals surface area contributed by atoms with Gasteiger partial charge in [-0.25, -0.2) is 9.79 Å². The fourth-order valence-electron chi connectivity index (χ4n) is 3.61. The number of carbonyl (C=O) groups is 2. The van der Waals surface area contributed by atoms with Crippen LogP contribution in [0.2, 0.25) is 0 Å². The normalized spacial score (nSPS) is 19.5. The summed E-state index contributed by atoms with van der Waals surface area (Å²) in [5.41, 5.74) is 0. The Bertz CT molecular complexity index is 498. The number of ether oxygens (including phenoxy) is 1. The zero-order valence-electron chi connectivity index (χ0n) is 16.8. The highest BCUT2D eigenvalue weighted by molar-refractivity contribution is 5.85. The van der Waals surface area contributed by atoms with Crippen LogP contribution in [0.25, 0.3) is 0 Å². The second-order valence-electron chi connectivity index (χ2n) is 7.20. The Labute approximate surface area is 162 Å². The van der Waals surface area contributed by atoms with Crippen molar-refractivity contribution >= 4 is 18.0 Å². The van der Waals surface area contributed by atoms with Crippen molar-refractivity contribution in [2.75, 3.05) is 32.8 Å². The van der Waals surface area contributed by atoms with Gasteiger partial charge in [-0.1, -0.05) is 19.3 Å². The predicted octanol–water partition coefficient (Wildman–Crippen LogP) is 1.61. The smallest absolute Gasteiger partial charge is 0.409 e. The van der Waals surface area contributed by atoms with Crippen LogP contribution in [0.3, 0.4) is 0 Å². The summed E-state index contributed by atoms with van der Waals surface area (Å²) in [7, 11) is 0. The van der Waals surface area contributed by atoms with E-state index in [1.165, 1.54) is 19.3 Å². The molecular weight excluding hydrogens is 346 g/mol. The highest BCUT2D eigenvalue weighted by Gasteiger charge is 2.24. The zero-order valence-corrected chi connectivity index (χ0v) is 16.8. The minimum absolute atomic E-state index is 0.0174. The van der Waals surface area contributed by atoms with E-state index >= 15 is 0 Å². The van der Waals surface area contributed by atoms with E-state index in [0.717, 1.165) is 32.2 Å². The van der Waals surface area contributed by atoms with E-state index in [4.69, 9.17) is 4.74 Å². The van der Waals surface area contributed by atoms with Gasteiger partial charge in [0.1, 0.15) is 6.54 Å². The molecule has 1 aliphatic heterocycles. The molecule has 0 radical (unpaired) electrons. The van der Waals surface area contributed by atoms with Gasteiger partial charge < -0.3 is 25.6 Å². The molecule has 154 valence electrons. The third-order valence-corrected chi connectivity index (χ3v) is 5.06. The minimum atomic E-state index is -0.240. The second-order valence-corrected chi connectivity index (χ2v) is 7.20. The van der Waals surface area contributed by atoms with Crippen LogP contribution in [0.5, 0.6) is 0 Å². The number of aliphatic imine (C=N–C) groups is 1. The quantitative estimate of drug-likeness (QED) is 0.480. The summed E-state index contributed by atoms with van der Waals surface area (Å²) in [6, 6.07) is 0.541. The third-order valence-electron chi connectivity index (χ3n) is 5.06. The fraction of sp³-hybridized carbons (Fsp3) is 0.842. The molecule has 8 nitrogen and oxygen atoms in total. The Hall–Kier alpha value is -1.99. The molecule has 2 fully saturated rings. The van der Waals surface area contributed by atoms with Gasteiger partial charge in [0, 0.05) is 31.7 Å². The van der Waals surface area contributed by atoms with Crippen LogP contribution in [-0.4, -0.2) is 67.7 Å². The summed E-state index contributed by atoms with van der Waals surface area (Å²) < 4.78 is 5.05. The number of nitrogens with one attached hydrogen (secondary N) is 3. The van der Waals surface area contributed by atoms with Crippen molar-refractivity contribution < 1.29 is 14.3 Å². The maximum Gasteiger partial charge on any atom is 0.409 e. The molecule has 1 saturated heterocycles. The monoisotopic (exact) mass is 381 g/mol. The topological polar surface area (TPSA) is 95.1 Å². The number of guanidine groups is 1. The molecule has 1 aliphatic carbocycles. The number of likely N-dealkylation sites (tertiary alicyclic amines) is 1. The average molecular weight is 382 g/mol. The van der Waals surface area contributed by atoms with Gasteiger partial charge in [-0.05, 0) is 39.5 Å². The maximum atomic E-state index is 12.2. The lowest BCUT2D eigenvalue weighted by molar-refractivity contribution is -0.120. The van der Waals surface area contributed by atoms with E-state index in [2.05, 4.69) is 20.9 Å². The summed E-state index contributed by atoms with van der Waals surface area (Å²) in [6.07, 6.45) is 7.24. The summed E-state index contributed by atoms with van der Waals surface area (Å²) in [6.45, 7) is 6.41. The largest absolute Gasteiger partial charge is 0.450 e. The van der Waals surface area contributed by atoms with Crippen molar-refractivity contribution in [1.29, 1.82) is 0 Å². The van der Waals surface area contributed by atoms with Crippen molar-refractivity contribution in [3.05, 3.63) is 0 Å². The van der Waals surface area contributed by atoms with Crippen molar-refractivity contribution in [2.45, 2.75) is 70.9 Å². The molecule has 0 aromatic heterocycles. The molecule has 1 heterocycles. The first-order valence-corrected chi connectivity index (χ1v) is 10.4. The Morgan fingerprint density at radius 2 is 1.67 bits per heavy atom. The van der Waals surface area contributed by atoms with Crippen molar-refractivity contribution in [3.8, 4) is 0 Å². The summed E-state index contributed by atoms with van der Waals surface area (Å²) in [4.78, 5) is 30.1. The first-order valence-electron chi connectivity index (χ1n) is 10.4. The van der Waals surface area contributed by atoms with E-state index < -0.39 is 0 Å². The Balaban J connectivity index is 1.76. The number of carbonyl (C=O) groups excluding carboxylic acids is 2. The molecule has 2 amide bonds. The first kappa shape index (κ1) is 21.3. The standard InChI is InChI=1S/C19H35N5O3/c1-3-20-18(21-14-17(25)22-15-8-6-5-7-9-15)23-16-10-12-24(13-11-16)19(26)27-4-2/h15-16H,3-14H2,1-2H3,(H,22,25)(H2,20,21,23). The van der Waals surface area contributed by atoms with Gasteiger partial charge in [0.2, 0.25) is 5.91 Å². The molecule has 27 heavy (non-hydrogen) atoms. The van der Waals surface area contributed by atoms with Crippen LogP contribution >= 0.6 is 0 Å². The molecule has 3 N–H and O–H groups in total. The van der Waals surface area contributed by atoms with E-state index in [-0.39, 0.29) is 24.6 Å². The summed E-state index contributed by atoms with van der Waals surface area (Å²) in [5, 5.41) is 9.67. The van der Waals surface area contributed by atoms with E-state index in [0.29, 0.717) is 31.7 Å². The van der Waals surface area contributed by atoms with Crippen LogP contribution in [0.1, 0.15) is 58.8 Å². The molecule has 0 aromatic carbocycles. The highest BCUT2D eigenvalue weighted by Crippen LogP contribution is 2.17. The van der Waals surface area contributed by atoms with Crippen molar-refractivity contribution in [1.82, 2.24) is 20.9 Å². The zero-order chi connectivity index (χ0) is 19.5. The van der Waals surface area contributed by atoms with Crippen molar-refractivity contribution in [2.24, 2.45) is 4.99 Å². The summed E-state index contributed by atoms with van der Waals surface area (Å²) >= 11 is 0. The highest BCUT2D eigenvalue weighted by atomic mass is 16.6. The molecule has 2 aliphatic rings. The Morgan fingerprint density at radius 1 is 1.00 bits per heavy atom. The van der Waals surface area contributed by atoms with E-state index in [1.54, 1.807) is 4.90 Å². The van der Waals surface area contributed by atoms with Gasteiger partial charge in [0.25, 0.3) is 0 Å². The third kappa shape index (κ3) is 7.64. The molecule has 0 bridgehead atoms. The maximum absolute atomic E-state index is 12.2. The van der Waals surface area contributed by atoms with Crippen LogP contribution in [0.4, 0.5) is 4.79 Å². The van der Waals surface area contributed by atoms with Crippen LogP contribution in [0, 0.1) is 0 Å². The molecule has 0 aromatic rings. The predicted molar refractivity (Wildman–Crippen MR) is 106 cm³/mol. The molecule has 0 unspecified atom stereocenters. The number of amides is 2. The lowest BCUT2D eigenvalue weighted by Crippen LogP contribution is -2.50. The fourth-order valence-corrected chi connectivity index (χ4v) is 3.61. The van der Waals surface area contributed by atoms with Gasteiger partial charge in [0.05, 0.1) is 6.61 Å². The van der Waals surface area contributed by atoms with Gasteiger partial charge in [0.15, 0.2) is 5.96 Å². The first-order chi connectivity index (χ1) is 13.1. The van der Waals surface area contributed by atoms with Gasteiger partial charge in [-0.2, -0.15) is 0 Å². The molecule has 8 heteroatoms. The van der Waals surface area contributed by atoms with Gasteiger partial charge in [-0.15, -0.1) is 0 Å². The van der Waals surface area contributed by atoms with Gasteiger partial charge in [-0.3, -0.25) is 4.79 Å². The Morgan fingerprint density at radius 3 is 2.30 bits per heavy atom. The lowest BCUT2D eigenvalue weighted by Gasteiger charge is -2.32. The van der Waals surface area contributed by atoms with Crippen LogP contribution in [0.15, 0.2) is 4.99 Å². The lowest BCUT2D eigenvalue weighted by atomic mass is 9.95. The molecular formula is C19H35N5O3. The van der Waals surface area contributed by atoms with E-state index in [1.807, 2.05) is 13.8 Å². The van der Waals surface area contributed by atoms with Gasteiger partial charge >= 0.3 is 6.09 Å². The van der Waals surface area contributed by atoms with Crippen LogP contribution < -0.4 is 16.0 Å². The Kier molecular flexibility index (Phi) is 9.21. The summed E-state index contributed by atoms with van der Waals surface area (Å²) in [5.74, 6) is 0.641. The second kappa shape index (κ2) is 11.7. The molecule has 2 rings (SSSR count). The number of hydrogen-bond donors (Lipinski definition) is 3.